The molecule has 0 aliphatic carbocycles. The third-order valence-corrected chi connectivity index (χ3v) is 6.28. The van der Waals surface area contributed by atoms with E-state index in [2.05, 4.69) is 21.6 Å². The fourth-order valence-electron chi connectivity index (χ4n) is 4.63. The molecule has 8 heteroatoms. The molecule has 156 valence electrons. The van der Waals surface area contributed by atoms with Crippen molar-refractivity contribution in [2.75, 3.05) is 26.7 Å². The van der Waals surface area contributed by atoms with Crippen LogP contribution in [-0.4, -0.2) is 52.5 Å². The summed E-state index contributed by atoms with van der Waals surface area (Å²) in [6, 6.07) is 5.40. The van der Waals surface area contributed by atoms with Crippen molar-refractivity contribution in [1.29, 1.82) is 0 Å². The van der Waals surface area contributed by atoms with Crippen LogP contribution in [0.25, 0.3) is 11.0 Å². The van der Waals surface area contributed by atoms with Crippen LogP contribution in [0.3, 0.4) is 0 Å². The molecule has 1 atom stereocenters. The van der Waals surface area contributed by atoms with Crippen molar-refractivity contribution in [3.63, 3.8) is 0 Å². The van der Waals surface area contributed by atoms with Gasteiger partial charge in [0.05, 0.1) is 11.0 Å². The van der Waals surface area contributed by atoms with E-state index in [0.29, 0.717) is 6.42 Å². The first-order chi connectivity index (χ1) is 14.0. The topological polar surface area (TPSA) is 88.4 Å². The van der Waals surface area contributed by atoms with E-state index in [1.54, 1.807) is 11.6 Å². The third kappa shape index (κ3) is 3.86. The van der Waals surface area contributed by atoms with Crippen LogP contribution in [-0.2, 0) is 23.2 Å². The van der Waals surface area contributed by atoms with Crippen molar-refractivity contribution >= 4 is 22.8 Å². The van der Waals surface area contributed by atoms with Crippen molar-refractivity contribution in [1.82, 2.24) is 24.7 Å². The maximum absolute atomic E-state index is 12.9. The first-order valence-corrected chi connectivity index (χ1v) is 10.4. The molecule has 1 aromatic carbocycles. The van der Waals surface area contributed by atoms with Gasteiger partial charge in [-0.2, -0.15) is 0 Å². The van der Waals surface area contributed by atoms with E-state index in [1.807, 2.05) is 19.2 Å². The maximum Gasteiger partial charge on any atom is 0.329 e. The molecule has 2 aromatic rings. The number of benzene rings is 1. The second kappa shape index (κ2) is 8.12. The lowest BCUT2D eigenvalue weighted by atomic mass is 9.96. The van der Waals surface area contributed by atoms with Crippen molar-refractivity contribution in [2.24, 2.45) is 13.0 Å². The lowest BCUT2D eigenvalue weighted by Crippen LogP contribution is -2.44. The van der Waals surface area contributed by atoms with Crippen LogP contribution in [0, 0.1) is 5.92 Å². The van der Waals surface area contributed by atoms with Gasteiger partial charge >= 0.3 is 5.69 Å². The highest BCUT2D eigenvalue weighted by Gasteiger charge is 2.31. The average Bonchev–Trinajstić information content (AvgIpc) is 2.94. The number of rotatable bonds is 5. The molecule has 2 aliphatic rings. The van der Waals surface area contributed by atoms with Crippen LogP contribution in [0.1, 0.15) is 37.3 Å². The van der Waals surface area contributed by atoms with Crippen LogP contribution < -0.4 is 16.3 Å². The van der Waals surface area contributed by atoms with Crippen molar-refractivity contribution in [3.8, 4) is 0 Å². The molecule has 2 N–H and O–H groups in total. The number of carbonyl (C=O) groups excluding carboxylic acids is 2. The van der Waals surface area contributed by atoms with Gasteiger partial charge in [0.1, 0.15) is 6.04 Å². The summed E-state index contributed by atoms with van der Waals surface area (Å²) in [6.07, 6.45) is 3.01. The average molecular weight is 399 g/mol. The van der Waals surface area contributed by atoms with Crippen LogP contribution in [0.2, 0.25) is 0 Å². The Hall–Kier alpha value is -2.45. The SMILES string of the molecule is CNCC1CCN(Cc2ccc3c(c2)n(C)c(=O)n3C2CCC(=O)NC2=O)CC1. The van der Waals surface area contributed by atoms with Crippen LogP contribution in [0.15, 0.2) is 23.0 Å². The number of imide groups is 1. The number of carbonyl (C=O) groups is 2. The molecule has 0 spiro atoms. The molecular weight excluding hydrogens is 370 g/mol. The zero-order valence-electron chi connectivity index (χ0n) is 17.1. The molecule has 0 bridgehead atoms. The van der Waals surface area contributed by atoms with Gasteiger partial charge in [0, 0.05) is 20.0 Å². The Morgan fingerprint density at radius 3 is 2.55 bits per heavy atom. The Morgan fingerprint density at radius 2 is 1.86 bits per heavy atom. The first kappa shape index (κ1) is 19.8. The number of aromatic nitrogens is 2. The zero-order valence-corrected chi connectivity index (χ0v) is 17.1. The van der Waals surface area contributed by atoms with Crippen LogP contribution in [0.5, 0.6) is 0 Å². The predicted octanol–water partition coefficient (Wildman–Crippen LogP) is 0.749. The number of nitrogens with one attached hydrogen (secondary N) is 2. The van der Waals surface area contributed by atoms with Gasteiger partial charge in [-0.1, -0.05) is 6.07 Å². The molecule has 3 heterocycles. The van der Waals surface area contributed by atoms with Crippen LogP contribution >= 0.6 is 0 Å². The molecule has 2 fully saturated rings. The van der Waals surface area contributed by atoms with Gasteiger partial charge in [-0.3, -0.25) is 28.9 Å². The molecule has 4 rings (SSSR count). The molecule has 0 radical (unpaired) electrons. The summed E-state index contributed by atoms with van der Waals surface area (Å²) in [7, 11) is 3.74. The van der Waals surface area contributed by atoms with Crippen molar-refractivity contribution in [3.05, 3.63) is 34.2 Å². The number of hydrogen-bond donors (Lipinski definition) is 2. The van der Waals surface area contributed by atoms with Gasteiger partial charge in [-0.15, -0.1) is 0 Å². The minimum absolute atomic E-state index is 0.223. The Labute approximate surface area is 169 Å². The third-order valence-electron chi connectivity index (χ3n) is 6.28. The van der Waals surface area contributed by atoms with Gasteiger partial charge in [0.25, 0.3) is 0 Å². The highest BCUT2D eigenvalue weighted by Crippen LogP contribution is 2.25. The second-order valence-electron chi connectivity index (χ2n) is 8.28. The fourth-order valence-corrected chi connectivity index (χ4v) is 4.63. The van der Waals surface area contributed by atoms with Crippen molar-refractivity contribution < 1.29 is 9.59 Å². The summed E-state index contributed by atoms with van der Waals surface area (Å²) in [5.74, 6) is 0.0757. The molecule has 2 saturated heterocycles. The lowest BCUT2D eigenvalue weighted by molar-refractivity contribution is -0.135. The molecule has 2 aliphatic heterocycles. The maximum atomic E-state index is 12.9. The normalized spacial score (nSPS) is 21.7. The molecule has 29 heavy (non-hydrogen) atoms. The van der Waals surface area contributed by atoms with Gasteiger partial charge in [0.15, 0.2) is 0 Å². The number of nitrogens with zero attached hydrogens (tertiary/aromatic N) is 3. The fraction of sp³-hybridized carbons (Fsp3) is 0.571. The summed E-state index contributed by atoms with van der Waals surface area (Å²) in [6.45, 7) is 4.11. The Morgan fingerprint density at radius 1 is 1.10 bits per heavy atom. The number of amides is 2. The van der Waals surface area contributed by atoms with Gasteiger partial charge in [-0.25, -0.2) is 4.79 Å². The van der Waals surface area contributed by atoms with E-state index in [1.165, 1.54) is 23.0 Å². The molecule has 2 amide bonds. The van der Waals surface area contributed by atoms with E-state index in [9.17, 15) is 14.4 Å². The second-order valence-corrected chi connectivity index (χ2v) is 8.28. The summed E-state index contributed by atoms with van der Waals surface area (Å²) < 4.78 is 3.13. The van der Waals surface area contributed by atoms with E-state index >= 15 is 0 Å². The van der Waals surface area contributed by atoms with Gasteiger partial charge in [0.2, 0.25) is 11.8 Å². The minimum atomic E-state index is -0.638. The monoisotopic (exact) mass is 399 g/mol. The quantitative estimate of drug-likeness (QED) is 0.725. The number of hydrogen-bond acceptors (Lipinski definition) is 5. The number of fused-ring (bicyclic) bond motifs is 1. The van der Waals surface area contributed by atoms with Crippen molar-refractivity contribution in [2.45, 2.75) is 38.3 Å². The Bertz CT molecular complexity index is 984. The molecule has 1 aromatic heterocycles. The highest BCUT2D eigenvalue weighted by atomic mass is 16.2. The van der Waals surface area contributed by atoms with Crippen LogP contribution in [0.4, 0.5) is 0 Å². The summed E-state index contributed by atoms with van der Waals surface area (Å²) in [5, 5.41) is 5.62. The van der Waals surface area contributed by atoms with E-state index < -0.39 is 11.9 Å². The standard InChI is InChI=1S/C21H29N5O3/c1-22-12-14-7-9-25(10-8-14)13-15-3-4-16-18(11-15)24(2)21(29)26(16)17-5-6-19(27)23-20(17)28/h3-4,11,14,17,22H,5-10,12-13H2,1-2H3,(H,23,27,28). The highest BCUT2D eigenvalue weighted by molar-refractivity contribution is 6.00. The summed E-state index contributed by atoms with van der Waals surface area (Å²) in [5.41, 5.74) is 2.51. The Kier molecular flexibility index (Phi) is 5.56. The number of aryl methyl sites for hydroxylation is 1. The van der Waals surface area contributed by atoms with Gasteiger partial charge in [-0.05, 0) is 69.6 Å². The Balaban J connectivity index is 1.56. The van der Waals surface area contributed by atoms with E-state index in [4.69, 9.17) is 0 Å². The molecular formula is C21H29N5O3. The van der Waals surface area contributed by atoms with E-state index in [0.717, 1.165) is 43.1 Å². The lowest BCUT2D eigenvalue weighted by Gasteiger charge is -2.31. The largest absolute Gasteiger partial charge is 0.329 e. The molecule has 1 unspecified atom stereocenters. The number of likely N-dealkylation sites (tertiary alicyclic amines) is 1. The van der Waals surface area contributed by atoms with Gasteiger partial charge < -0.3 is 5.32 Å². The summed E-state index contributed by atoms with van der Waals surface area (Å²) >= 11 is 0. The minimum Gasteiger partial charge on any atom is -0.319 e. The number of imidazole rings is 1. The molecule has 8 nitrogen and oxygen atoms in total. The smallest absolute Gasteiger partial charge is 0.319 e. The molecule has 0 saturated carbocycles. The summed E-state index contributed by atoms with van der Waals surface area (Å²) in [4.78, 5) is 39.1. The first-order valence-electron chi connectivity index (χ1n) is 10.4. The zero-order chi connectivity index (χ0) is 20.5. The number of piperidine rings is 2. The predicted molar refractivity (Wildman–Crippen MR) is 111 cm³/mol. The van der Waals surface area contributed by atoms with E-state index in [-0.39, 0.29) is 18.0 Å².